The quantitative estimate of drug-likeness (QED) is 0.625. The highest BCUT2D eigenvalue weighted by atomic mass is 16.5. The Bertz CT molecular complexity index is 1230. The lowest BCUT2D eigenvalue weighted by Gasteiger charge is -2.33. The molecule has 0 bridgehead atoms. The first-order valence-electron chi connectivity index (χ1n) is 11.3. The summed E-state index contributed by atoms with van der Waals surface area (Å²) in [7, 11) is 3.59. The lowest BCUT2D eigenvalue weighted by Crippen LogP contribution is -2.35. The number of nitrogens with one attached hydrogen (secondary N) is 1. The number of fused-ring (bicyclic) bond motifs is 1. The van der Waals surface area contributed by atoms with Gasteiger partial charge in [0.25, 0.3) is 0 Å². The van der Waals surface area contributed by atoms with E-state index < -0.39 is 0 Å². The standard InChI is InChI=1S/C25H29N7O/c1-16-13-26-25(29-22-8-9-27-31(22)3)30-24(16)21-15-32-14-17(2)19(12-23(32)28-21)10-18-6-5-7-20(11-18)33-4/h5-9,11-13,17,19H,10,14-15H2,1-4H3,(H,26,29,30)/t17-,19?/m1/s1. The van der Waals surface area contributed by atoms with Gasteiger partial charge in [0.2, 0.25) is 5.95 Å². The van der Waals surface area contributed by atoms with Crippen molar-refractivity contribution in [2.24, 2.45) is 23.9 Å². The lowest BCUT2D eigenvalue weighted by molar-refractivity contribution is 0.259. The van der Waals surface area contributed by atoms with Crippen LogP contribution in [-0.4, -0.2) is 50.6 Å². The summed E-state index contributed by atoms with van der Waals surface area (Å²) in [5, 5.41) is 7.43. The second kappa shape index (κ2) is 8.69. The monoisotopic (exact) mass is 443 g/mol. The normalized spacial score (nSPS) is 19.7. The van der Waals surface area contributed by atoms with Crippen LogP contribution in [0.5, 0.6) is 5.75 Å². The van der Waals surface area contributed by atoms with E-state index in [9.17, 15) is 0 Å². The van der Waals surface area contributed by atoms with Crippen LogP contribution < -0.4 is 10.1 Å². The molecule has 0 fully saturated rings. The van der Waals surface area contributed by atoms with Gasteiger partial charge in [0.05, 0.1) is 31.3 Å². The zero-order valence-electron chi connectivity index (χ0n) is 19.5. The second-order valence-corrected chi connectivity index (χ2v) is 8.85. The summed E-state index contributed by atoms with van der Waals surface area (Å²) in [6, 6.07) is 10.2. The number of benzene rings is 1. The molecule has 2 aromatic heterocycles. The maximum atomic E-state index is 5.40. The number of allylic oxidation sites excluding steroid dienone is 1. The van der Waals surface area contributed by atoms with E-state index in [1.807, 2.05) is 32.3 Å². The van der Waals surface area contributed by atoms with Crippen molar-refractivity contribution in [2.45, 2.75) is 20.3 Å². The molecule has 0 amide bonds. The highest BCUT2D eigenvalue weighted by molar-refractivity contribution is 6.03. The van der Waals surface area contributed by atoms with Gasteiger partial charge in [-0.05, 0) is 54.5 Å². The van der Waals surface area contributed by atoms with Gasteiger partial charge in [-0.3, -0.25) is 4.68 Å². The molecular weight excluding hydrogens is 414 g/mol. The summed E-state index contributed by atoms with van der Waals surface area (Å²) in [6.07, 6.45) is 6.90. The summed E-state index contributed by atoms with van der Waals surface area (Å²) in [4.78, 5) is 16.6. The van der Waals surface area contributed by atoms with E-state index in [0.717, 1.165) is 53.9 Å². The van der Waals surface area contributed by atoms with Gasteiger partial charge in [0.1, 0.15) is 17.4 Å². The van der Waals surface area contributed by atoms with Crippen LogP contribution in [-0.2, 0) is 13.5 Å². The molecule has 170 valence electrons. The Balaban J connectivity index is 1.38. The summed E-state index contributed by atoms with van der Waals surface area (Å²) in [5.41, 5.74) is 4.19. The maximum absolute atomic E-state index is 5.40. The minimum absolute atomic E-state index is 0.431. The van der Waals surface area contributed by atoms with Gasteiger partial charge < -0.3 is 15.0 Å². The molecule has 0 spiro atoms. The van der Waals surface area contributed by atoms with Gasteiger partial charge in [-0.25, -0.2) is 15.0 Å². The van der Waals surface area contributed by atoms with Crippen LogP contribution >= 0.6 is 0 Å². The SMILES string of the molecule is COc1cccc(CC2C=C3N=C(c4nc(Nc5ccnn5C)ncc4C)CN3C[C@H]2C)c1. The molecule has 0 saturated heterocycles. The molecule has 4 heterocycles. The van der Waals surface area contributed by atoms with Gasteiger partial charge in [0, 0.05) is 25.9 Å². The fourth-order valence-electron chi connectivity index (χ4n) is 4.51. The van der Waals surface area contributed by atoms with Crippen molar-refractivity contribution in [1.82, 2.24) is 24.6 Å². The van der Waals surface area contributed by atoms with Gasteiger partial charge >= 0.3 is 0 Å². The molecule has 1 N–H and O–H groups in total. The number of hydrogen-bond donors (Lipinski definition) is 1. The Morgan fingerprint density at radius 1 is 1.24 bits per heavy atom. The lowest BCUT2D eigenvalue weighted by atomic mass is 9.85. The average Bonchev–Trinajstić information content (AvgIpc) is 3.41. The molecule has 33 heavy (non-hydrogen) atoms. The zero-order valence-corrected chi connectivity index (χ0v) is 19.5. The van der Waals surface area contributed by atoms with Crippen molar-refractivity contribution >= 4 is 17.5 Å². The van der Waals surface area contributed by atoms with Crippen LogP contribution in [0.15, 0.2) is 59.6 Å². The molecule has 1 unspecified atom stereocenters. The number of ether oxygens (including phenoxy) is 1. The van der Waals surface area contributed by atoms with Crippen LogP contribution in [0.1, 0.15) is 23.7 Å². The Morgan fingerprint density at radius 2 is 2.12 bits per heavy atom. The molecule has 0 radical (unpaired) electrons. The van der Waals surface area contributed by atoms with E-state index in [4.69, 9.17) is 14.7 Å². The van der Waals surface area contributed by atoms with Crippen LogP contribution in [0.3, 0.4) is 0 Å². The average molecular weight is 444 g/mol. The fraction of sp³-hybridized carbons (Fsp3) is 0.360. The number of rotatable bonds is 6. The zero-order chi connectivity index (χ0) is 22.9. The smallest absolute Gasteiger partial charge is 0.228 e. The molecule has 2 aliphatic heterocycles. The second-order valence-electron chi connectivity index (χ2n) is 8.85. The largest absolute Gasteiger partial charge is 0.497 e. The molecule has 0 aliphatic carbocycles. The number of aromatic nitrogens is 4. The van der Waals surface area contributed by atoms with Crippen molar-refractivity contribution in [3.8, 4) is 5.75 Å². The Morgan fingerprint density at radius 3 is 2.91 bits per heavy atom. The van der Waals surface area contributed by atoms with E-state index >= 15 is 0 Å². The Labute approximate surface area is 194 Å². The van der Waals surface area contributed by atoms with Crippen molar-refractivity contribution in [3.05, 3.63) is 71.4 Å². The predicted molar refractivity (Wildman–Crippen MR) is 129 cm³/mol. The fourth-order valence-corrected chi connectivity index (χ4v) is 4.51. The Hall–Kier alpha value is -3.68. The van der Waals surface area contributed by atoms with E-state index in [2.05, 4.69) is 51.5 Å². The van der Waals surface area contributed by atoms with E-state index in [1.54, 1.807) is 18.0 Å². The van der Waals surface area contributed by atoms with Gasteiger partial charge in [-0.2, -0.15) is 5.10 Å². The molecule has 8 nitrogen and oxygen atoms in total. The third kappa shape index (κ3) is 4.33. The van der Waals surface area contributed by atoms with Crippen LogP contribution in [0, 0.1) is 18.8 Å². The molecule has 2 aliphatic rings. The number of methoxy groups -OCH3 is 1. The van der Waals surface area contributed by atoms with Gasteiger partial charge in [-0.1, -0.05) is 19.1 Å². The number of anilines is 2. The first-order chi connectivity index (χ1) is 16.0. The maximum Gasteiger partial charge on any atom is 0.228 e. The first kappa shape index (κ1) is 21.2. The molecule has 0 saturated carbocycles. The van der Waals surface area contributed by atoms with Crippen molar-refractivity contribution < 1.29 is 4.74 Å². The summed E-state index contributed by atoms with van der Waals surface area (Å²) < 4.78 is 7.15. The number of hydrogen-bond acceptors (Lipinski definition) is 7. The van der Waals surface area contributed by atoms with E-state index in [1.165, 1.54) is 5.56 Å². The predicted octanol–water partition coefficient (Wildman–Crippen LogP) is 3.73. The number of nitrogens with zero attached hydrogens (tertiary/aromatic N) is 6. The highest BCUT2D eigenvalue weighted by Crippen LogP contribution is 2.32. The van der Waals surface area contributed by atoms with Crippen molar-refractivity contribution in [3.63, 3.8) is 0 Å². The van der Waals surface area contributed by atoms with Crippen molar-refractivity contribution in [1.29, 1.82) is 0 Å². The number of aryl methyl sites for hydroxylation is 2. The van der Waals surface area contributed by atoms with Crippen LogP contribution in [0.4, 0.5) is 11.8 Å². The minimum Gasteiger partial charge on any atom is -0.497 e. The topological polar surface area (TPSA) is 80.5 Å². The van der Waals surface area contributed by atoms with E-state index in [-0.39, 0.29) is 0 Å². The summed E-state index contributed by atoms with van der Waals surface area (Å²) in [6.45, 7) is 6.11. The third-order valence-electron chi connectivity index (χ3n) is 6.43. The molecule has 5 rings (SSSR count). The molecule has 1 aromatic carbocycles. The minimum atomic E-state index is 0.431. The summed E-state index contributed by atoms with van der Waals surface area (Å²) in [5.74, 6) is 4.30. The first-order valence-corrected chi connectivity index (χ1v) is 11.3. The third-order valence-corrected chi connectivity index (χ3v) is 6.43. The van der Waals surface area contributed by atoms with Crippen LogP contribution in [0.25, 0.3) is 0 Å². The molecular formula is C25H29N7O. The van der Waals surface area contributed by atoms with E-state index in [0.29, 0.717) is 17.8 Å². The molecule has 3 aromatic rings. The van der Waals surface area contributed by atoms with Gasteiger partial charge in [0.15, 0.2) is 0 Å². The summed E-state index contributed by atoms with van der Waals surface area (Å²) >= 11 is 0. The van der Waals surface area contributed by atoms with Crippen LogP contribution in [0.2, 0.25) is 0 Å². The Kier molecular flexibility index (Phi) is 5.58. The van der Waals surface area contributed by atoms with Gasteiger partial charge in [-0.15, -0.1) is 0 Å². The molecule has 8 heteroatoms. The van der Waals surface area contributed by atoms with Crippen molar-refractivity contribution in [2.75, 3.05) is 25.5 Å². The molecule has 2 atom stereocenters. The highest BCUT2D eigenvalue weighted by Gasteiger charge is 2.32. The number of aliphatic imine (C=N–C) groups is 1.